The molecule has 2 rings (SSSR count). The van der Waals surface area contributed by atoms with E-state index in [2.05, 4.69) is 5.32 Å². The van der Waals surface area contributed by atoms with E-state index in [4.69, 9.17) is 10.5 Å². The molecule has 2 atom stereocenters. The molecular formula is C13H16F2N2O2. The standard InChI is InChI=1S/C13H16F2N2O2/c1-7(12-3-2-4-19-12)17-13(18)8-5-11(16)10(15)6-9(8)14/h5-7,12H,2-4,16H2,1H3,(H,17,18). The van der Waals surface area contributed by atoms with Gasteiger partial charge >= 0.3 is 0 Å². The van der Waals surface area contributed by atoms with Crippen molar-refractivity contribution in [3.63, 3.8) is 0 Å². The van der Waals surface area contributed by atoms with Gasteiger partial charge in [0.25, 0.3) is 5.91 Å². The van der Waals surface area contributed by atoms with Gasteiger partial charge in [0.1, 0.15) is 11.6 Å². The zero-order valence-corrected chi connectivity index (χ0v) is 10.6. The summed E-state index contributed by atoms with van der Waals surface area (Å²) in [7, 11) is 0. The van der Waals surface area contributed by atoms with Crippen LogP contribution in [-0.4, -0.2) is 24.7 Å². The first-order valence-electron chi connectivity index (χ1n) is 6.16. The van der Waals surface area contributed by atoms with Crippen molar-refractivity contribution in [1.29, 1.82) is 0 Å². The molecule has 0 aromatic heterocycles. The number of halogens is 2. The number of benzene rings is 1. The number of carbonyl (C=O) groups excluding carboxylic acids is 1. The number of amides is 1. The van der Waals surface area contributed by atoms with Crippen molar-refractivity contribution in [3.8, 4) is 0 Å². The smallest absolute Gasteiger partial charge is 0.254 e. The van der Waals surface area contributed by atoms with Gasteiger partial charge in [-0.1, -0.05) is 0 Å². The van der Waals surface area contributed by atoms with Crippen LogP contribution >= 0.6 is 0 Å². The molecule has 19 heavy (non-hydrogen) atoms. The molecular weight excluding hydrogens is 254 g/mol. The lowest BCUT2D eigenvalue weighted by atomic mass is 10.1. The molecule has 1 aromatic rings. The number of ether oxygens (including phenoxy) is 1. The number of carbonyl (C=O) groups is 1. The van der Waals surface area contributed by atoms with E-state index in [0.717, 1.165) is 18.9 Å². The Labute approximate surface area is 109 Å². The second-order valence-corrected chi connectivity index (χ2v) is 4.67. The van der Waals surface area contributed by atoms with Crippen LogP contribution in [-0.2, 0) is 4.74 Å². The fourth-order valence-electron chi connectivity index (χ4n) is 2.11. The third-order valence-corrected chi connectivity index (χ3v) is 3.21. The summed E-state index contributed by atoms with van der Waals surface area (Å²) in [6, 6.07) is 1.38. The van der Waals surface area contributed by atoms with Gasteiger partial charge in [-0.2, -0.15) is 0 Å². The lowest BCUT2D eigenvalue weighted by Crippen LogP contribution is -2.41. The largest absolute Gasteiger partial charge is 0.396 e. The van der Waals surface area contributed by atoms with Gasteiger partial charge in [-0.3, -0.25) is 4.79 Å². The van der Waals surface area contributed by atoms with Crippen molar-refractivity contribution >= 4 is 11.6 Å². The molecule has 3 N–H and O–H groups in total. The van der Waals surface area contributed by atoms with Crippen LogP contribution in [0.15, 0.2) is 12.1 Å². The summed E-state index contributed by atoms with van der Waals surface area (Å²) in [6.45, 7) is 2.46. The maximum Gasteiger partial charge on any atom is 0.254 e. The summed E-state index contributed by atoms with van der Waals surface area (Å²) in [5.74, 6) is -2.42. The van der Waals surface area contributed by atoms with Crippen LogP contribution < -0.4 is 11.1 Å². The van der Waals surface area contributed by atoms with Crippen LogP contribution in [0, 0.1) is 11.6 Å². The van der Waals surface area contributed by atoms with Crippen LogP contribution in [0.4, 0.5) is 14.5 Å². The van der Waals surface area contributed by atoms with Gasteiger partial charge in [0, 0.05) is 12.7 Å². The first-order valence-corrected chi connectivity index (χ1v) is 6.16. The Morgan fingerprint density at radius 2 is 2.21 bits per heavy atom. The third-order valence-electron chi connectivity index (χ3n) is 3.21. The topological polar surface area (TPSA) is 64.4 Å². The van der Waals surface area contributed by atoms with E-state index in [9.17, 15) is 13.6 Å². The summed E-state index contributed by atoms with van der Waals surface area (Å²) >= 11 is 0. The van der Waals surface area contributed by atoms with Crippen LogP contribution in [0.25, 0.3) is 0 Å². The summed E-state index contributed by atoms with van der Waals surface area (Å²) in [5.41, 5.74) is 4.82. The van der Waals surface area contributed by atoms with Crippen LogP contribution in [0.1, 0.15) is 30.1 Å². The molecule has 1 aromatic carbocycles. The molecule has 1 saturated heterocycles. The minimum absolute atomic E-state index is 0.0650. The van der Waals surface area contributed by atoms with E-state index >= 15 is 0 Å². The van der Waals surface area contributed by atoms with Crippen molar-refractivity contribution in [2.75, 3.05) is 12.3 Å². The number of nitrogens with one attached hydrogen (secondary N) is 1. The molecule has 2 unspecified atom stereocenters. The third kappa shape index (κ3) is 3.01. The number of nitrogens with two attached hydrogens (primary N) is 1. The van der Waals surface area contributed by atoms with Crippen molar-refractivity contribution in [2.45, 2.75) is 31.9 Å². The van der Waals surface area contributed by atoms with Crippen molar-refractivity contribution in [2.24, 2.45) is 0 Å². The van der Waals surface area contributed by atoms with Gasteiger partial charge in [0.2, 0.25) is 0 Å². The predicted molar refractivity (Wildman–Crippen MR) is 66.7 cm³/mol. The Balaban J connectivity index is 2.09. The summed E-state index contributed by atoms with van der Waals surface area (Å²) in [5, 5.41) is 2.64. The summed E-state index contributed by atoms with van der Waals surface area (Å²) in [4.78, 5) is 11.9. The Hall–Kier alpha value is -1.69. The van der Waals surface area contributed by atoms with E-state index in [1.807, 2.05) is 0 Å². The molecule has 0 radical (unpaired) electrons. The number of anilines is 1. The molecule has 6 heteroatoms. The molecule has 0 bridgehead atoms. The van der Waals surface area contributed by atoms with Gasteiger partial charge in [-0.25, -0.2) is 8.78 Å². The van der Waals surface area contributed by atoms with Gasteiger partial charge in [-0.05, 0) is 25.8 Å². The highest BCUT2D eigenvalue weighted by atomic mass is 19.1. The molecule has 1 amide bonds. The van der Waals surface area contributed by atoms with Crippen LogP contribution in [0.5, 0.6) is 0 Å². The van der Waals surface area contributed by atoms with Gasteiger partial charge in [-0.15, -0.1) is 0 Å². The molecule has 0 aliphatic carbocycles. The van der Waals surface area contributed by atoms with Crippen LogP contribution in [0.3, 0.4) is 0 Å². The molecule has 1 heterocycles. The van der Waals surface area contributed by atoms with Gasteiger partial charge < -0.3 is 15.8 Å². The molecule has 0 spiro atoms. The molecule has 1 aliphatic heterocycles. The summed E-state index contributed by atoms with van der Waals surface area (Å²) in [6.07, 6.45) is 1.74. The van der Waals surface area contributed by atoms with E-state index < -0.39 is 17.5 Å². The van der Waals surface area contributed by atoms with E-state index in [1.54, 1.807) is 6.92 Å². The molecule has 1 aliphatic rings. The monoisotopic (exact) mass is 270 g/mol. The number of hydrogen-bond acceptors (Lipinski definition) is 3. The molecule has 4 nitrogen and oxygen atoms in total. The maximum absolute atomic E-state index is 13.5. The average Bonchev–Trinajstić information content (AvgIpc) is 2.87. The lowest BCUT2D eigenvalue weighted by molar-refractivity contribution is 0.0710. The van der Waals surface area contributed by atoms with E-state index in [0.29, 0.717) is 12.7 Å². The minimum Gasteiger partial charge on any atom is -0.396 e. The Morgan fingerprint density at radius 1 is 1.47 bits per heavy atom. The first kappa shape index (κ1) is 13.7. The number of hydrogen-bond donors (Lipinski definition) is 2. The molecule has 104 valence electrons. The minimum atomic E-state index is -0.927. The average molecular weight is 270 g/mol. The van der Waals surface area contributed by atoms with E-state index in [1.165, 1.54) is 0 Å². The highest BCUT2D eigenvalue weighted by Gasteiger charge is 2.25. The second-order valence-electron chi connectivity index (χ2n) is 4.67. The normalized spacial score (nSPS) is 20.3. The Kier molecular flexibility index (Phi) is 3.99. The zero-order chi connectivity index (χ0) is 14.0. The van der Waals surface area contributed by atoms with Crippen LogP contribution in [0.2, 0.25) is 0 Å². The maximum atomic E-state index is 13.5. The fourth-order valence-corrected chi connectivity index (χ4v) is 2.11. The number of nitrogen functional groups attached to an aromatic ring is 1. The summed E-state index contributed by atoms with van der Waals surface area (Å²) < 4.78 is 32.0. The highest BCUT2D eigenvalue weighted by molar-refractivity contribution is 5.95. The zero-order valence-electron chi connectivity index (χ0n) is 10.6. The fraction of sp³-hybridized carbons (Fsp3) is 0.462. The highest BCUT2D eigenvalue weighted by Crippen LogP contribution is 2.18. The van der Waals surface area contributed by atoms with Gasteiger partial charge in [0.15, 0.2) is 0 Å². The lowest BCUT2D eigenvalue weighted by Gasteiger charge is -2.20. The van der Waals surface area contributed by atoms with Crippen molar-refractivity contribution in [3.05, 3.63) is 29.3 Å². The second kappa shape index (κ2) is 5.52. The first-order chi connectivity index (χ1) is 8.99. The number of rotatable bonds is 3. The van der Waals surface area contributed by atoms with Crippen molar-refractivity contribution < 1.29 is 18.3 Å². The molecule has 0 saturated carbocycles. The van der Waals surface area contributed by atoms with Gasteiger partial charge in [0.05, 0.1) is 23.4 Å². The Bertz CT molecular complexity index is 488. The van der Waals surface area contributed by atoms with E-state index in [-0.39, 0.29) is 23.4 Å². The van der Waals surface area contributed by atoms with Crippen molar-refractivity contribution in [1.82, 2.24) is 5.32 Å². The SMILES string of the molecule is CC(NC(=O)c1cc(N)c(F)cc1F)C1CCCO1. The Morgan fingerprint density at radius 3 is 2.84 bits per heavy atom. The predicted octanol–water partition coefficient (Wildman–Crippen LogP) is 1.84. The quantitative estimate of drug-likeness (QED) is 0.824. The molecule has 1 fully saturated rings.